The molecule has 2 heterocycles. The zero-order chi connectivity index (χ0) is 14.1. The number of carbonyl (C=O) groups excluding carboxylic acids is 1. The Balaban J connectivity index is 1.77. The van der Waals surface area contributed by atoms with Crippen LogP contribution in [0.2, 0.25) is 5.02 Å². The van der Waals surface area contributed by atoms with Gasteiger partial charge in [-0.25, -0.2) is 4.98 Å². The first kappa shape index (κ1) is 13.3. The minimum atomic E-state index is 0.136. The van der Waals surface area contributed by atoms with Gasteiger partial charge in [-0.15, -0.1) is 11.3 Å². The van der Waals surface area contributed by atoms with Gasteiger partial charge in [0.25, 0.3) is 0 Å². The van der Waals surface area contributed by atoms with Crippen molar-refractivity contribution in [2.75, 3.05) is 0 Å². The molecule has 0 amide bonds. The van der Waals surface area contributed by atoms with Crippen molar-refractivity contribution in [2.24, 2.45) is 0 Å². The van der Waals surface area contributed by atoms with Crippen molar-refractivity contribution in [1.82, 2.24) is 4.98 Å². The molecule has 0 N–H and O–H groups in total. The summed E-state index contributed by atoms with van der Waals surface area (Å²) in [4.78, 5) is 17.4. The smallest absolute Gasteiger partial charge is 0.144 e. The maximum atomic E-state index is 12.1. The Hall–Kier alpha value is -1.65. The second-order valence-corrected chi connectivity index (χ2v) is 6.41. The van der Waals surface area contributed by atoms with Crippen LogP contribution in [0.25, 0.3) is 11.0 Å². The molecule has 1 aromatic carbocycles. The van der Waals surface area contributed by atoms with Crippen LogP contribution in [0.5, 0.6) is 0 Å². The van der Waals surface area contributed by atoms with Crippen molar-refractivity contribution < 1.29 is 9.21 Å². The first-order valence-electron chi connectivity index (χ1n) is 6.20. The molecule has 0 aliphatic carbocycles. The molecular formula is C15H12ClNO2S. The van der Waals surface area contributed by atoms with Gasteiger partial charge in [0.05, 0.1) is 12.7 Å². The van der Waals surface area contributed by atoms with Crippen LogP contribution < -0.4 is 0 Å². The van der Waals surface area contributed by atoms with Crippen LogP contribution in [-0.2, 0) is 17.6 Å². The largest absolute Gasteiger partial charge is 0.464 e. The lowest BCUT2D eigenvalue weighted by atomic mass is 10.1. The second kappa shape index (κ2) is 5.38. The topological polar surface area (TPSA) is 43.1 Å². The molecule has 102 valence electrons. The first-order valence-corrected chi connectivity index (χ1v) is 7.40. The number of thiazole rings is 1. The average molecular weight is 306 g/mol. The van der Waals surface area contributed by atoms with E-state index in [2.05, 4.69) is 4.98 Å². The Morgan fingerprint density at radius 3 is 3.00 bits per heavy atom. The van der Waals surface area contributed by atoms with E-state index in [0.29, 0.717) is 23.4 Å². The number of carbonyl (C=O) groups is 1. The van der Waals surface area contributed by atoms with Gasteiger partial charge in [-0.05, 0) is 25.1 Å². The SMILES string of the molecule is Cc1cnc(CC(=O)Cc2coc3cc(Cl)ccc23)s1. The molecule has 3 rings (SSSR count). The zero-order valence-electron chi connectivity index (χ0n) is 10.9. The summed E-state index contributed by atoms with van der Waals surface area (Å²) < 4.78 is 5.44. The lowest BCUT2D eigenvalue weighted by Gasteiger charge is -1.97. The molecule has 0 unspecified atom stereocenters. The molecule has 0 fully saturated rings. The molecule has 0 saturated carbocycles. The van der Waals surface area contributed by atoms with Gasteiger partial charge < -0.3 is 4.42 Å². The summed E-state index contributed by atoms with van der Waals surface area (Å²) in [5.74, 6) is 0.136. The number of Topliss-reactive ketones (excluding diaryl/α,β-unsaturated/α-hetero) is 1. The Morgan fingerprint density at radius 2 is 2.25 bits per heavy atom. The van der Waals surface area contributed by atoms with E-state index in [1.54, 1.807) is 35.9 Å². The van der Waals surface area contributed by atoms with E-state index in [1.807, 2.05) is 13.0 Å². The van der Waals surface area contributed by atoms with Gasteiger partial charge in [-0.1, -0.05) is 11.6 Å². The van der Waals surface area contributed by atoms with Crippen LogP contribution in [0, 0.1) is 6.92 Å². The quantitative estimate of drug-likeness (QED) is 0.725. The average Bonchev–Trinajstić information content (AvgIpc) is 2.96. The van der Waals surface area contributed by atoms with Gasteiger partial charge >= 0.3 is 0 Å². The minimum Gasteiger partial charge on any atom is -0.464 e. The summed E-state index contributed by atoms with van der Waals surface area (Å²) >= 11 is 7.47. The molecule has 0 spiro atoms. The molecule has 20 heavy (non-hydrogen) atoms. The summed E-state index contributed by atoms with van der Waals surface area (Å²) in [6.07, 6.45) is 4.15. The molecule has 0 aliphatic heterocycles. The van der Waals surface area contributed by atoms with Crippen LogP contribution in [0.1, 0.15) is 15.4 Å². The molecule has 3 nitrogen and oxygen atoms in total. The van der Waals surface area contributed by atoms with Crippen molar-refractivity contribution >= 4 is 39.7 Å². The molecule has 0 atom stereocenters. The number of furan rings is 1. The van der Waals surface area contributed by atoms with Gasteiger partial charge in [-0.2, -0.15) is 0 Å². The van der Waals surface area contributed by atoms with E-state index in [0.717, 1.165) is 20.8 Å². The standard InChI is InChI=1S/C15H12ClNO2S/c1-9-7-17-15(20-9)6-12(18)4-10-8-19-14-5-11(16)2-3-13(10)14/h2-3,5,7-8H,4,6H2,1H3. The fourth-order valence-electron chi connectivity index (χ4n) is 2.12. The van der Waals surface area contributed by atoms with Gasteiger partial charge in [0.1, 0.15) is 16.4 Å². The van der Waals surface area contributed by atoms with Crippen molar-refractivity contribution in [2.45, 2.75) is 19.8 Å². The normalized spacial score (nSPS) is 11.1. The van der Waals surface area contributed by atoms with Gasteiger partial charge in [0, 0.05) is 33.5 Å². The summed E-state index contributed by atoms with van der Waals surface area (Å²) in [5.41, 5.74) is 1.61. The molecular weight excluding hydrogens is 294 g/mol. The third-order valence-corrected chi connectivity index (χ3v) is 4.17. The van der Waals surface area contributed by atoms with Crippen molar-refractivity contribution in [1.29, 1.82) is 0 Å². The van der Waals surface area contributed by atoms with Crippen LogP contribution in [0.15, 0.2) is 35.1 Å². The second-order valence-electron chi connectivity index (χ2n) is 4.66. The lowest BCUT2D eigenvalue weighted by molar-refractivity contribution is -0.117. The number of halogens is 1. The molecule has 0 saturated heterocycles. The fourth-order valence-corrected chi connectivity index (χ4v) is 3.10. The fraction of sp³-hybridized carbons (Fsp3) is 0.200. The van der Waals surface area contributed by atoms with E-state index in [9.17, 15) is 4.79 Å². The highest BCUT2D eigenvalue weighted by Gasteiger charge is 2.12. The van der Waals surface area contributed by atoms with Gasteiger partial charge in [0.15, 0.2) is 0 Å². The number of ketones is 1. The van der Waals surface area contributed by atoms with E-state index in [-0.39, 0.29) is 5.78 Å². The van der Waals surface area contributed by atoms with Crippen molar-refractivity contribution in [3.05, 3.63) is 51.1 Å². The molecule has 0 aliphatic rings. The number of rotatable bonds is 4. The number of benzene rings is 1. The number of fused-ring (bicyclic) bond motifs is 1. The van der Waals surface area contributed by atoms with Crippen LogP contribution >= 0.6 is 22.9 Å². The highest BCUT2D eigenvalue weighted by molar-refractivity contribution is 7.11. The van der Waals surface area contributed by atoms with E-state index >= 15 is 0 Å². The summed E-state index contributed by atoms with van der Waals surface area (Å²) in [6, 6.07) is 5.45. The third kappa shape index (κ3) is 2.76. The maximum Gasteiger partial charge on any atom is 0.144 e. The summed E-state index contributed by atoms with van der Waals surface area (Å²) in [7, 11) is 0. The Kier molecular flexibility index (Phi) is 3.59. The maximum absolute atomic E-state index is 12.1. The van der Waals surface area contributed by atoms with Crippen LogP contribution in [0.3, 0.4) is 0 Å². The highest BCUT2D eigenvalue weighted by atomic mass is 35.5. The monoisotopic (exact) mass is 305 g/mol. The van der Waals surface area contributed by atoms with Crippen molar-refractivity contribution in [3.8, 4) is 0 Å². The van der Waals surface area contributed by atoms with Crippen LogP contribution in [-0.4, -0.2) is 10.8 Å². The minimum absolute atomic E-state index is 0.136. The summed E-state index contributed by atoms with van der Waals surface area (Å²) in [6.45, 7) is 1.99. The Labute approximate surface area is 125 Å². The number of hydrogen-bond donors (Lipinski definition) is 0. The summed E-state index contributed by atoms with van der Waals surface area (Å²) in [5, 5.41) is 2.43. The molecule has 0 bridgehead atoms. The lowest BCUT2D eigenvalue weighted by Crippen LogP contribution is -2.05. The highest BCUT2D eigenvalue weighted by Crippen LogP contribution is 2.25. The third-order valence-electron chi connectivity index (χ3n) is 3.02. The first-order chi connectivity index (χ1) is 9.61. The van der Waals surface area contributed by atoms with Gasteiger partial charge in [-0.3, -0.25) is 4.79 Å². The van der Waals surface area contributed by atoms with Gasteiger partial charge in [0.2, 0.25) is 0 Å². The molecule has 5 heteroatoms. The van der Waals surface area contributed by atoms with Crippen LogP contribution in [0.4, 0.5) is 0 Å². The number of aryl methyl sites for hydroxylation is 1. The van der Waals surface area contributed by atoms with E-state index in [4.69, 9.17) is 16.0 Å². The molecule has 2 aromatic heterocycles. The van der Waals surface area contributed by atoms with E-state index < -0.39 is 0 Å². The molecule has 0 radical (unpaired) electrons. The molecule has 3 aromatic rings. The van der Waals surface area contributed by atoms with E-state index in [1.165, 1.54) is 0 Å². The van der Waals surface area contributed by atoms with Crippen molar-refractivity contribution in [3.63, 3.8) is 0 Å². The Morgan fingerprint density at radius 1 is 1.40 bits per heavy atom. The number of aromatic nitrogens is 1. The predicted molar refractivity (Wildman–Crippen MR) is 80.5 cm³/mol. The number of nitrogens with zero attached hydrogens (tertiary/aromatic N) is 1. The predicted octanol–water partition coefficient (Wildman–Crippen LogP) is 4.21. The Bertz CT molecular complexity index is 775. The zero-order valence-corrected chi connectivity index (χ0v) is 12.4. The number of hydrogen-bond acceptors (Lipinski definition) is 4.